The first-order valence-electron chi connectivity index (χ1n) is 10.7. The first-order chi connectivity index (χ1) is 14.8. The Bertz CT molecular complexity index is 882. The molecule has 1 atom stereocenters. The summed E-state index contributed by atoms with van der Waals surface area (Å²) in [7, 11) is 1.79. The monoisotopic (exact) mass is 410 g/mol. The maximum atomic E-state index is 12.5. The number of hydrogen-bond donors (Lipinski definition) is 1. The Morgan fingerprint density at radius 2 is 1.90 bits per heavy atom. The van der Waals surface area contributed by atoms with Gasteiger partial charge in [0.05, 0.1) is 6.54 Å². The van der Waals surface area contributed by atoms with Crippen LogP contribution in [0.1, 0.15) is 12.8 Å². The Kier molecular flexibility index (Phi) is 6.69. The molecule has 2 aromatic carbocycles. The lowest BCUT2D eigenvalue weighted by molar-refractivity contribution is -0.142. The van der Waals surface area contributed by atoms with Gasteiger partial charge in [0.1, 0.15) is 18.5 Å². The van der Waals surface area contributed by atoms with Crippen LogP contribution in [0.25, 0.3) is 10.8 Å². The van der Waals surface area contributed by atoms with E-state index < -0.39 is 0 Å². The first-order valence-corrected chi connectivity index (χ1v) is 10.7. The van der Waals surface area contributed by atoms with Gasteiger partial charge in [-0.1, -0.05) is 36.4 Å². The summed E-state index contributed by atoms with van der Waals surface area (Å²) in [6.07, 6.45) is 1.59. The fourth-order valence-corrected chi connectivity index (χ4v) is 4.09. The maximum Gasteiger partial charge on any atom is 0.251 e. The van der Waals surface area contributed by atoms with Crippen molar-refractivity contribution in [3.8, 4) is 5.75 Å². The number of ether oxygens (including phenoxy) is 2. The summed E-state index contributed by atoms with van der Waals surface area (Å²) >= 11 is 0. The van der Waals surface area contributed by atoms with Crippen LogP contribution in [0.5, 0.6) is 5.75 Å². The summed E-state index contributed by atoms with van der Waals surface area (Å²) in [6, 6.07) is 14.3. The third kappa shape index (κ3) is 4.67. The Morgan fingerprint density at radius 3 is 2.67 bits per heavy atom. The molecule has 0 bridgehead atoms. The molecule has 2 aliphatic rings. The molecule has 0 saturated carbocycles. The van der Waals surface area contributed by atoms with Gasteiger partial charge in [0, 0.05) is 45.2 Å². The molecular weight excluding hydrogens is 380 g/mol. The second kappa shape index (κ2) is 9.80. The third-order valence-electron chi connectivity index (χ3n) is 5.70. The van der Waals surface area contributed by atoms with Crippen LogP contribution < -0.4 is 10.1 Å². The number of carbonyl (C=O) groups excluding carboxylic acids is 1. The van der Waals surface area contributed by atoms with Crippen molar-refractivity contribution in [1.82, 2.24) is 15.1 Å². The Labute approximate surface area is 177 Å². The molecule has 2 heterocycles. The van der Waals surface area contributed by atoms with Gasteiger partial charge in [-0.15, -0.1) is 0 Å². The predicted octanol–water partition coefficient (Wildman–Crippen LogP) is 2.12. The van der Waals surface area contributed by atoms with Crippen LogP contribution in [-0.2, 0) is 9.53 Å². The molecule has 1 unspecified atom stereocenters. The second-order valence-corrected chi connectivity index (χ2v) is 7.61. The minimum Gasteiger partial charge on any atom is -0.491 e. The number of fused-ring (bicyclic) bond motifs is 1. The van der Waals surface area contributed by atoms with Gasteiger partial charge in [0.25, 0.3) is 5.91 Å². The zero-order chi connectivity index (χ0) is 20.8. The average molecular weight is 411 g/mol. The lowest BCUT2D eigenvalue weighted by atomic mass is 10.1. The molecule has 0 aliphatic carbocycles. The summed E-state index contributed by atoms with van der Waals surface area (Å²) < 4.78 is 11.5. The number of amides is 1. The molecule has 0 aromatic heterocycles. The van der Waals surface area contributed by atoms with Crippen molar-refractivity contribution in [3.05, 3.63) is 42.5 Å². The minimum atomic E-state index is -0.236. The molecular formula is C23H30N4O3. The van der Waals surface area contributed by atoms with Gasteiger partial charge in [-0.25, -0.2) is 0 Å². The molecule has 2 aromatic rings. The summed E-state index contributed by atoms with van der Waals surface area (Å²) in [4.78, 5) is 21.0. The van der Waals surface area contributed by atoms with E-state index in [-0.39, 0.29) is 12.0 Å². The first kappa shape index (κ1) is 20.5. The Hall–Kier alpha value is -2.80. The molecule has 1 N–H and O–H groups in total. The molecule has 30 heavy (non-hydrogen) atoms. The fourth-order valence-electron chi connectivity index (χ4n) is 4.09. The molecule has 7 heteroatoms. The van der Waals surface area contributed by atoms with E-state index in [1.54, 1.807) is 7.05 Å². The summed E-state index contributed by atoms with van der Waals surface area (Å²) in [5.41, 5.74) is 0. The van der Waals surface area contributed by atoms with Crippen LogP contribution in [-0.4, -0.2) is 80.8 Å². The Morgan fingerprint density at radius 1 is 1.13 bits per heavy atom. The van der Waals surface area contributed by atoms with E-state index in [1.165, 1.54) is 5.39 Å². The smallest absolute Gasteiger partial charge is 0.251 e. The highest BCUT2D eigenvalue weighted by molar-refractivity contribution is 5.88. The zero-order valence-electron chi connectivity index (χ0n) is 17.5. The Balaban J connectivity index is 1.23. The average Bonchev–Trinajstić information content (AvgIpc) is 3.34. The molecule has 160 valence electrons. The van der Waals surface area contributed by atoms with E-state index >= 15 is 0 Å². The van der Waals surface area contributed by atoms with Gasteiger partial charge in [-0.3, -0.25) is 9.79 Å². The highest BCUT2D eigenvalue weighted by Crippen LogP contribution is 2.24. The van der Waals surface area contributed by atoms with Gasteiger partial charge in [0.2, 0.25) is 0 Å². The van der Waals surface area contributed by atoms with Gasteiger partial charge in [-0.2, -0.15) is 0 Å². The molecule has 2 saturated heterocycles. The molecule has 0 spiro atoms. The van der Waals surface area contributed by atoms with Gasteiger partial charge in [0.15, 0.2) is 5.96 Å². The lowest BCUT2D eigenvalue weighted by Gasteiger charge is -2.37. The summed E-state index contributed by atoms with van der Waals surface area (Å²) in [5.74, 6) is 1.88. The van der Waals surface area contributed by atoms with Gasteiger partial charge < -0.3 is 24.6 Å². The zero-order valence-corrected chi connectivity index (χ0v) is 17.5. The van der Waals surface area contributed by atoms with Crippen molar-refractivity contribution < 1.29 is 14.3 Å². The number of hydrogen-bond acceptors (Lipinski definition) is 4. The topological polar surface area (TPSA) is 66.4 Å². The molecule has 1 amide bonds. The lowest BCUT2D eigenvalue weighted by Crippen LogP contribution is -2.55. The number of piperazine rings is 1. The number of rotatable bonds is 5. The highest BCUT2D eigenvalue weighted by Gasteiger charge is 2.30. The molecule has 4 rings (SSSR count). The largest absolute Gasteiger partial charge is 0.491 e. The van der Waals surface area contributed by atoms with E-state index in [0.717, 1.165) is 43.0 Å². The van der Waals surface area contributed by atoms with Crippen LogP contribution in [0.15, 0.2) is 47.5 Å². The standard InChI is InChI=1S/C23H30N4O3/c1-24-23(27-14-12-26(13-15-27)22(28)21-10-5-16-29-21)25-11-17-30-20-9-4-7-18-6-2-3-8-19(18)20/h2-4,6-9,21H,5,10-17H2,1H3,(H,24,25). The van der Waals surface area contributed by atoms with Crippen LogP contribution in [0.3, 0.4) is 0 Å². The van der Waals surface area contributed by atoms with Crippen molar-refractivity contribution in [2.24, 2.45) is 4.99 Å². The van der Waals surface area contributed by atoms with E-state index in [4.69, 9.17) is 9.47 Å². The van der Waals surface area contributed by atoms with Gasteiger partial charge in [-0.05, 0) is 24.3 Å². The number of nitrogens with one attached hydrogen (secondary N) is 1. The van der Waals surface area contributed by atoms with Crippen LogP contribution >= 0.6 is 0 Å². The molecule has 0 radical (unpaired) electrons. The predicted molar refractivity (Wildman–Crippen MR) is 118 cm³/mol. The number of aliphatic imine (C=N–C) groups is 1. The third-order valence-corrected chi connectivity index (χ3v) is 5.70. The van der Waals surface area contributed by atoms with Crippen molar-refractivity contribution in [3.63, 3.8) is 0 Å². The highest BCUT2D eigenvalue weighted by atomic mass is 16.5. The fraction of sp³-hybridized carbons (Fsp3) is 0.478. The van der Waals surface area contributed by atoms with Crippen molar-refractivity contribution >= 4 is 22.6 Å². The number of benzene rings is 2. The van der Waals surface area contributed by atoms with E-state index in [1.807, 2.05) is 29.2 Å². The normalized spacial score (nSPS) is 19.9. The molecule has 2 fully saturated rings. The number of nitrogens with zero attached hydrogens (tertiary/aromatic N) is 3. The van der Waals surface area contributed by atoms with Crippen LogP contribution in [0.2, 0.25) is 0 Å². The van der Waals surface area contributed by atoms with Crippen LogP contribution in [0, 0.1) is 0 Å². The minimum absolute atomic E-state index is 0.138. The maximum absolute atomic E-state index is 12.5. The number of guanidine groups is 1. The van der Waals surface area contributed by atoms with E-state index in [9.17, 15) is 4.79 Å². The number of carbonyl (C=O) groups is 1. The van der Waals surface area contributed by atoms with Crippen molar-refractivity contribution in [1.29, 1.82) is 0 Å². The van der Waals surface area contributed by atoms with Crippen LogP contribution in [0.4, 0.5) is 0 Å². The van der Waals surface area contributed by atoms with Gasteiger partial charge >= 0.3 is 0 Å². The summed E-state index contributed by atoms with van der Waals surface area (Å²) in [5, 5.41) is 5.68. The molecule has 2 aliphatic heterocycles. The van der Waals surface area contributed by atoms with E-state index in [0.29, 0.717) is 32.8 Å². The SMILES string of the molecule is CN=C(NCCOc1cccc2ccccc12)N1CCN(C(=O)C2CCCO2)CC1. The second-order valence-electron chi connectivity index (χ2n) is 7.61. The van der Waals surface area contributed by atoms with E-state index in [2.05, 4.69) is 33.4 Å². The molecule has 7 nitrogen and oxygen atoms in total. The van der Waals surface area contributed by atoms with Crippen molar-refractivity contribution in [2.75, 3.05) is 53.0 Å². The van der Waals surface area contributed by atoms with Crippen molar-refractivity contribution in [2.45, 2.75) is 18.9 Å². The quantitative estimate of drug-likeness (QED) is 0.465. The summed E-state index contributed by atoms with van der Waals surface area (Å²) in [6.45, 7) is 4.84.